The summed E-state index contributed by atoms with van der Waals surface area (Å²) in [6.07, 6.45) is 3.15. The van der Waals surface area contributed by atoms with Crippen LogP contribution in [0.25, 0.3) is 23.1 Å². The predicted molar refractivity (Wildman–Crippen MR) is 65.0 cm³/mol. The summed E-state index contributed by atoms with van der Waals surface area (Å²) in [7, 11) is 0. The molecular weight excluding hydrogens is 246 g/mol. The Balaban J connectivity index is 2.03. The van der Waals surface area contributed by atoms with Crippen LogP contribution in [0.2, 0.25) is 0 Å². The van der Waals surface area contributed by atoms with Crippen molar-refractivity contribution in [1.29, 1.82) is 0 Å². The monoisotopic (exact) mass is 255 g/mol. The van der Waals surface area contributed by atoms with Crippen LogP contribution in [-0.4, -0.2) is 30.2 Å². The molecular formula is C12H9N5O2. The molecule has 0 spiro atoms. The molecule has 7 nitrogen and oxygen atoms in total. The van der Waals surface area contributed by atoms with Gasteiger partial charge in [-0.15, -0.1) is 0 Å². The highest BCUT2D eigenvalue weighted by Gasteiger charge is 2.15. The van der Waals surface area contributed by atoms with E-state index in [1.165, 1.54) is 12.3 Å². The van der Waals surface area contributed by atoms with E-state index in [0.717, 1.165) is 0 Å². The van der Waals surface area contributed by atoms with E-state index in [0.29, 0.717) is 17.3 Å². The molecule has 3 aromatic heterocycles. The average molecular weight is 255 g/mol. The van der Waals surface area contributed by atoms with E-state index in [1.807, 2.05) is 0 Å². The number of aryl methyl sites for hydroxylation is 1. The Bertz CT molecular complexity index is 725. The number of nitrogens with zero attached hydrogens (tertiary/aromatic N) is 5. The van der Waals surface area contributed by atoms with Crippen molar-refractivity contribution >= 4 is 0 Å². The minimum absolute atomic E-state index is 0.0171. The summed E-state index contributed by atoms with van der Waals surface area (Å²) < 4.78 is 5.08. The molecule has 3 heterocycles. The Morgan fingerprint density at radius 2 is 2.00 bits per heavy atom. The van der Waals surface area contributed by atoms with Gasteiger partial charge in [0.15, 0.2) is 5.69 Å². The van der Waals surface area contributed by atoms with Crippen LogP contribution in [0.3, 0.4) is 0 Å². The lowest BCUT2D eigenvalue weighted by Gasteiger charge is -1.95. The summed E-state index contributed by atoms with van der Waals surface area (Å²) in [5.74, 6) is 1.07. The highest BCUT2D eigenvalue weighted by atomic mass is 16.5. The second-order valence-corrected chi connectivity index (χ2v) is 3.78. The third-order valence-electron chi connectivity index (χ3n) is 2.42. The Morgan fingerprint density at radius 3 is 2.79 bits per heavy atom. The fourth-order valence-electron chi connectivity index (χ4n) is 1.57. The van der Waals surface area contributed by atoms with E-state index in [1.54, 1.807) is 25.3 Å². The second-order valence-electron chi connectivity index (χ2n) is 3.78. The number of aromatic hydroxyl groups is 1. The van der Waals surface area contributed by atoms with Gasteiger partial charge in [-0.1, -0.05) is 5.16 Å². The molecule has 7 heteroatoms. The van der Waals surface area contributed by atoms with Gasteiger partial charge in [0.2, 0.25) is 5.82 Å². The highest BCUT2D eigenvalue weighted by Crippen LogP contribution is 2.26. The van der Waals surface area contributed by atoms with E-state index in [2.05, 4.69) is 25.1 Å². The topological polar surface area (TPSA) is 97.8 Å². The van der Waals surface area contributed by atoms with E-state index in [4.69, 9.17) is 4.52 Å². The zero-order chi connectivity index (χ0) is 13.2. The van der Waals surface area contributed by atoms with E-state index >= 15 is 0 Å². The maximum Gasteiger partial charge on any atom is 0.280 e. The second kappa shape index (κ2) is 4.45. The van der Waals surface area contributed by atoms with Crippen LogP contribution in [0.4, 0.5) is 0 Å². The molecule has 0 aliphatic rings. The molecule has 94 valence electrons. The Morgan fingerprint density at radius 1 is 1.11 bits per heavy atom. The molecule has 0 aromatic carbocycles. The van der Waals surface area contributed by atoms with Crippen molar-refractivity contribution in [3.63, 3.8) is 0 Å². The molecule has 0 saturated carbocycles. The highest BCUT2D eigenvalue weighted by molar-refractivity contribution is 5.59. The van der Waals surface area contributed by atoms with Crippen LogP contribution in [0.5, 0.6) is 5.75 Å². The molecule has 0 saturated heterocycles. The van der Waals surface area contributed by atoms with Crippen molar-refractivity contribution in [3.05, 3.63) is 36.4 Å². The van der Waals surface area contributed by atoms with Gasteiger partial charge in [0.25, 0.3) is 5.89 Å². The molecule has 0 atom stereocenters. The van der Waals surface area contributed by atoms with Crippen molar-refractivity contribution in [2.24, 2.45) is 0 Å². The lowest BCUT2D eigenvalue weighted by atomic mass is 10.3. The molecule has 0 aliphatic carbocycles. The molecule has 0 bridgehead atoms. The number of rotatable bonds is 2. The van der Waals surface area contributed by atoms with Crippen molar-refractivity contribution in [2.75, 3.05) is 0 Å². The molecule has 0 fully saturated rings. The fraction of sp³-hybridized carbons (Fsp3) is 0.0833. The first-order valence-electron chi connectivity index (χ1n) is 5.52. The molecule has 3 rings (SSSR count). The third-order valence-corrected chi connectivity index (χ3v) is 2.42. The van der Waals surface area contributed by atoms with Crippen molar-refractivity contribution in [3.8, 4) is 28.9 Å². The number of hydrogen-bond donors (Lipinski definition) is 1. The Kier molecular flexibility index (Phi) is 2.64. The fourth-order valence-corrected chi connectivity index (χ4v) is 1.57. The van der Waals surface area contributed by atoms with E-state index < -0.39 is 0 Å². The van der Waals surface area contributed by atoms with Gasteiger partial charge < -0.3 is 9.63 Å². The van der Waals surface area contributed by atoms with Crippen LogP contribution >= 0.6 is 0 Å². The minimum atomic E-state index is -0.0171. The number of aromatic nitrogens is 5. The first kappa shape index (κ1) is 11.3. The molecule has 1 N–H and O–H groups in total. The van der Waals surface area contributed by atoms with Crippen molar-refractivity contribution in [2.45, 2.75) is 6.92 Å². The standard InChI is InChI=1S/C12H9N5O2/c1-7-13-6-4-8(15-7)11-16-12(19-17-11)10-9(18)3-2-5-14-10/h2-6,18H,1H3. The van der Waals surface area contributed by atoms with Gasteiger partial charge in [0, 0.05) is 12.4 Å². The zero-order valence-corrected chi connectivity index (χ0v) is 9.98. The van der Waals surface area contributed by atoms with Crippen LogP contribution in [-0.2, 0) is 0 Å². The summed E-state index contributed by atoms with van der Waals surface area (Å²) in [4.78, 5) is 16.3. The molecule has 19 heavy (non-hydrogen) atoms. The molecule has 0 aliphatic heterocycles. The molecule has 3 aromatic rings. The summed E-state index contributed by atoms with van der Waals surface area (Å²) in [5, 5.41) is 13.5. The molecule has 0 unspecified atom stereocenters. The van der Waals surface area contributed by atoms with Gasteiger partial charge in [-0.25, -0.2) is 15.0 Å². The van der Waals surface area contributed by atoms with E-state index in [9.17, 15) is 5.11 Å². The Labute approximate surface area is 108 Å². The quantitative estimate of drug-likeness (QED) is 0.742. The van der Waals surface area contributed by atoms with Crippen LogP contribution < -0.4 is 0 Å². The van der Waals surface area contributed by atoms with Crippen LogP contribution in [0.15, 0.2) is 35.1 Å². The molecule has 0 amide bonds. The minimum Gasteiger partial charge on any atom is -0.505 e. The van der Waals surface area contributed by atoms with Crippen LogP contribution in [0.1, 0.15) is 5.82 Å². The zero-order valence-electron chi connectivity index (χ0n) is 9.98. The summed E-state index contributed by atoms with van der Waals surface area (Å²) in [6.45, 7) is 1.77. The van der Waals surface area contributed by atoms with Gasteiger partial charge in [0.1, 0.15) is 17.3 Å². The summed E-state index contributed by atoms with van der Waals surface area (Å²) >= 11 is 0. The third kappa shape index (κ3) is 2.13. The van der Waals surface area contributed by atoms with Gasteiger partial charge in [0.05, 0.1) is 0 Å². The lowest BCUT2D eigenvalue weighted by Crippen LogP contribution is -1.91. The van der Waals surface area contributed by atoms with Gasteiger partial charge >= 0.3 is 0 Å². The van der Waals surface area contributed by atoms with E-state index in [-0.39, 0.29) is 17.3 Å². The average Bonchev–Trinajstić information content (AvgIpc) is 2.89. The molecule has 0 radical (unpaired) electrons. The predicted octanol–water partition coefficient (Wildman–Crippen LogP) is 1.60. The lowest BCUT2D eigenvalue weighted by molar-refractivity contribution is 0.423. The first-order valence-corrected chi connectivity index (χ1v) is 5.52. The first-order chi connectivity index (χ1) is 9.24. The number of hydrogen-bond acceptors (Lipinski definition) is 7. The van der Waals surface area contributed by atoms with Crippen molar-refractivity contribution < 1.29 is 9.63 Å². The smallest absolute Gasteiger partial charge is 0.280 e. The normalized spacial score (nSPS) is 10.6. The largest absolute Gasteiger partial charge is 0.505 e. The van der Waals surface area contributed by atoms with Gasteiger partial charge in [-0.3, -0.25) is 0 Å². The van der Waals surface area contributed by atoms with Gasteiger partial charge in [-0.2, -0.15) is 4.98 Å². The Hall–Kier alpha value is -2.83. The van der Waals surface area contributed by atoms with Crippen molar-refractivity contribution in [1.82, 2.24) is 25.1 Å². The summed E-state index contributed by atoms with van der Waals surface area (Å²) in [6, 6.07) is 4.80. The van der Waals surface area contributed by atoms with Crippen LogP contribution in [0, 0.1) is 6.92 Å². The summed E-state index contributed by atoms with van der Waals surface area (Å²) in [5.41, 5.74) is 0.796. The maximum absolute atomic E-state index is 9.67. The number of pyridine rings is 1. The maximum atomic E-state index is 9.67. The van der Waals surface area contributed by atoms with Gasteiger partial charge in [-0.05, 0) is 25.1 Å². The SMILES string of the molecule is Cc1nccc(-c2noc(-c3ncccc3O)n2)n1.